The average Bonchev–Trinajstić information content (AvgIpc) is 3.27. The quantitative estimate of drug-likeness (QED) is 0.638. The Labute approximate surface area is 182 Å². The lowest BCUT2D eigenvalue weighted by atomic mass is 10.2. The van der Waals surface area contributed by atoms with E-state index in [4.69, 9.17) is 10.5 Å². The summed E-state index contributed by atoms with van der Waals surface area (Å²) >= 11 is 2.97. The van der Waals surface area contributed by atoms with Crippen molar-refractivity contribution in [3.05, 3.63) is 33.3 Å². The second-order valence-electron chi connectivity index (χ2n) is 6.92. The highest BCUT2D eigenvalue weighted by Crippen LogP contribution is 2.33. The van der Waals surface area contributed by atoms with Crippen LogP contribution in [0.3, 0.4) is 0 Å². The summed E-state index contributed by atoms with van der Waals surface area (Å²) in [6.07, 6.45) is 1.47. The number of nitrogens with zero attached hydrogens (tertiary/aromatic N) is 3. The van der Waals surface area contributed by atoms with Crippen LogP contribution in [0.5, 0.6) is 0 Å². The molecule has 3 N–H and O–H groups in total. The number of thiazole rings is 1. The summed E-state index contributed by atoms with van der Waals surface area (Å²) in [5.74, 6) is 0.480. The number of nitrogens with two attached hydrogens (primary N) is 1. The molecule has 0 saturated heterocycles. The van der Waals surface area contributed by atoms with Gasteiger partial charge in [-0.05, 0) is 31.9 Å². The lowest BCUT2D eigenvalue weighted by Gasteiger charge is -2.15. The number of aryl methyl sites for hydroxylation is 3. The van der Waals surface area contributed by atoms with Gasteiger partial charge in [0.1, 0.15) is 4.88 Å². The molecule has 3 aromatic rings. The number of imidazole rings is 1. The molecule has 158 valence electrons. The third kappa shape index (κ3) is 4.07. The number of thioether (sulfide) groups is 1. The van der Waals surface area contributed by atoms with Gasteiger partial charge in [0.15, 0.2) is 0 Å². The number of hydrogen-bond acceptors (Lipinski definition) is 7. The molecule has 0 atom stereocenters. The predicted molar refractivity (Wildman–Crippen MR) is 119 cm³/mol. The number of hydrogen-bond donors (Lipinski definition) is 2. The zero-order valence-electron chi connectivity index (χ0n) is 16.9. The number of aromatic nitrogens is 3. The zero-order chi connectivity index (χ0) is 21.3. The summed E-state index contributed by atoms with van der Waals surface area (Å²) in [4.78, 5) is 35.4. The van der Waals surface area contributed by atoms with E-state index < -0.39 is 5.91 Å². The summed E-state index contributed by atoms with van der Waals surface area (Å²) in [5, 5.41) is 3.82. The van der Waals surface area contributed by atoms with Gasteiger partial charge in [-0.25, -0.2) is 9.97 Å². The van der Waals surface area contributed by atoms with Crippen LogP contribution in [0.2, 0.25) is 0 Å². The fourth-order valence-corrected chi connectivity index (χ4v) is 5.36. The third-order valence-electron chi connectivity index (χ3n) is 4.82. The van der Waals surface area contributed by atoms with Crippen molar-refractivity contribution < 1.29 is 14.3 Å². The number of carbonyl (C=O) groups is 2. The minimum absolute atomic E-state index is 0.221. The number of ether oxygens (including phenoxy) is 1. The van der Waals surface area contributed by atoms with Gasteiger partial charge in [0.2, 0.25) is 11.9 Å². The molecule has 30 heavy (non-hydrogen) atoms. The normalized spacial score (nSPS) is 14.6. The Hall–Kier alpha value is -2.43. The maximum absolute atomic E-state index is 13.0. The van der Waals surface area contributed by atoms with Crippen LogP contribution in [-0.4, -0.2) is 45.3 Å². The standard InChI is InChI=1S/C20H23N5O3S2/c1-3-13-17(30-11(2)22-13)19(27)24-20-23-14-9-12(18(21)26)10-15-16(14)25(20)5-4-6-28-7-8-29-15/h9-10H,3-8H2,1-2H3,(H2,21,26)(H,23,24,27). The Morgan fingerprint density at radius 3 is 2.90 bits per heavy atom. The second-order valence-corrected chi connectivity index (χ2v) is 9.26. The van der Waals surface area contributed by atoms with Crippen molar-refractivity contribution in [2.75, 3.05) is 24.3 Å². The molecule has 0 radical (unpaired) electrons. The Kier molecular flexibility index (Phi) is 6.07. The lowest BCUT2D eigenvalue weighted by molar-refractivity contribution is 0.0997. The summed E-state index contributed by atoms with van der Waals surface area (Å²) < 4.78 is 7.65. The lowest BCUT2D eigenvalue weighted by Crippen LogP contribution is -2.17. The number of amides is 2. The molecule has 2 aromatic heterocycles. The van der Waals surface area contributed by atoms with E-state index >= 15 is 0 Å². The number of nitrogens with one attached hydrogen (secondary N) is 1. The first-order valence-electron chi connectivity index (χ1n) is 9.80. The number of carbonyl (C=O) groups excluding carboxylic acids is 2. The van der Waals surface area contributed by atoms with E-state index in [0.717, 1.165) is 33.3 Å². The molecule has 0 unspecified atom stereocenters. The topological polar surface area (TPSA) is 112 Å². The molecule has 0 saturated carbocycles. The van der Waals surface area contributed by atoms with Gasteiger partial charge < -0.3 is 15.0 Å². The zero-order valence-corrected chi connectivity index (χ0v) is 18.5. The molecule has 10 heteroatoms. The molecule has 1 aromatic carbocycles. The fraction of sp³-hybridized carbons (Fsp3) is 0.400. The van der Waals surface area contributed by atoms with Crippen molar-refractivity contribution in [3.8, 4) is 0 Å². The highest BCUT2D eigenvalue weighted by atomic mass is 32.2. The molecule has 1 aliphatic rings. The van der Waals surface area contributed by atoms with Gasteiger partial charge in [-0.3, -0.25) is 14.9 Å². The highest BCUT2D eigenvalue weighted by Gasteiger charge is 2.22. The Morgan fingerprint density at radius 2 is 2.13 bits per heavy atom. The summed E-state index contributed by atoms with van der Waals surface area (Å²) in [6.45, 7) is 5.78. The molecule has 0 fully saturated rings. The van der Waals surface area contributed by atoms with Gasteiger partial charge in [0.05, 0.1) is 28.3 Å². The Morgan fingerprint density at radius 1 is 1.30 bits per heavy atom. The molecule has 8 nitrogen and oxygen atoms in total. The maximum Gasteiger partial charge on any atom is 0.269 e. The number of primary amides is 1. The third-order valence-corrected chi connectivity index (χ3v) is 6.82. The molecule has 0 bridgehead atoms. The van der Waals surface area contributed by atoms with Gasteiger partial charge in [0, 0.05) is 29.4 Å². The van der Waals surface area contributed by atoms with E-state index in [1.807, 2.05) is 18.4 Å². The smallest absolute Gasteiger partial charge is 0.269 e. The molecule has 0 spiro atoms. The largest absolute Gasteiger partial charge is 0.381 e. The minimum atomic E-state index is -0.505. The van der Waals surface area contributed by atoms with E-state index in [0.29, 0.717) is 48.1 Å². The molecule has 2 amide bonds. The number of rotatable bonds is 4. The SMILES string of the molecule is CCc1nc(C)sc1C(=O)Nc1nc2cc(C(N)=O)cc3c2n1CCCOCCS3. The first-order chi connectivity index (χ1) is 14.5. The monoisotopic (exact) mass is 445 g/mol. The van der Waals surface area contributed by atoms with E-state index in [2.05, 4.69) is 15.3 Å². The van der Waals surface area contributed by atoms with E-state index in [-0.39, 0.29) is 5.91 Å². The Bertz CT molecular complexity index is 1120. The molecule has 4 rings (SSSR count). The summed E-state index contributed by atoms with van der Waals surface area (Å²) in [7, 11) is 0. The van der Waals surface area contributed by atoms with Crippen molar-refractivity contribution in [2.24, 2.45) is 5.73 Å². The summed E-state index contributed by atoms with van der Waals surface area (Å²) in [5.41, 5.74) is 8.25. The van der Waals surface area contributed by atoms with Crippen LogP contribution in [0.1, 0.15) is 44.1 Å². The van der Waals surface area contributed by atoms with Crippen LogP contribution in [-0.2, 0) is 17.7 Å². The van der Waals surface area contributed by atoms with Gasteiger partial charge in [-0.1, -0.05) is 6.92 Å². The van der Waals surface area contributed by atoms with Crippen LogP contribution >= 0.6 is 23.1 Å². The fourth-order valence-electron chi connectivity index (χ4n) is 3.48. The molecule has 1 aliphatic heterocycles. The predicted octanol–water partition coefficient (Wildman–Crippen LogP) is 3.23. The van der Waals surface area contributed by atoms with Crippen LogP contribution in [0, 0.1) is 6.92 Å². The first kappa shape index (κ1) is 20.8. The van der Waals surface area contributed by atoms with Crippen molar-refractivity contribution in [2.45, 2.75) is 38.1 Å². The summed E-state index contributed by atoms with van der Waals surface area (Å²) in [6, 6.07) is 3.48. The Balaban J connectivity index is 1.80. The molecular formula is C20H23N5O3S2. The minimum Gasteiger partial charge on any atom is -0.381 e. The van der Waals surface area contributed by atoms with Crippen LogP contribution in [0.15, 0.2) is 17.0 Å². The van der Waals surface area contributed by atoms with Gasteiger partial charge >= 0.3 is 0 Å². The maximum atomic E-state index is 13.0. The van der Waals surface area contributed by atoms with Gasteiger partial charge in [-0.15, -0.1) is 23.1 Å². The highest BCUT2D eigenvalue weighted by molar-refractivity contribution is 7.99. The molecular weight excluding hydrogens is 422 g/mol. The molecule has 0 aliphatic carbocycles. The van der Waals surface area contributed by atoms with Crippen molar-refractivity contribution in [3.63, 3.8) is 0 Å². The van der Waals surface area contributed by atoms with E-state index in [9.17, 15) is 9.59 Å². The number of benzene rings is 1. The average molecular weight is 446 g/mol. The van der Waals surface area contributed by atoms with E-state index in [1.165, 1.54) is 11.3 Å². The van der Waals surface area contributed by atoms with Gasteiger partial charge in [0.25, 0.3) is 5.91 Å². The van der Waals surface area contributed by atoms with E-state index in [1.54, 1.807) is 23.9 Å². The van der Waals surface area contributed by atoms with Crippen molar-refractivity contribution >= 4 is 51.9 Å². The van der Waals surface area contributed by atoms with Crippen LogP contribution < -0.4 is 11.1 Å². The molecule has 3 heterocycles. The first-order valence-corrected chi connectivity index (χ1v) is 11.6. The van der Waals surface area contributed by atoms with Crippen molar-refractivity contribution in [1.82, 2.24) is 14.5 Å². The van der Waals surface area contributed by atoms with Crippen LogP contribution in [0.4, 0.5) is 5.95 Å². The second kappa shape index (κ2) is 8.75. The number of anilines is 1. The van der Waals surface area contributed by atoms with Crippen molar-refractivity contribution in [1.29, 1.82) is 0 Å². The van der Waals surface area contributed by atoms with Crippen LogP contribution in [0.25, 0.3) is 11.0 Å². The van der Waals surface area contributed by atoms with Gasteiger partial charge in [-0.2, -0.15) is 0 Å².